The van der Waals surface area contributed by atoms with Crippen LogP contribution in [0.15, 0.2) is 78.9 Å². The summed E-state index contributed by atoms with van der Waals surface area (Å²) in [6.45, 7) is 1.35. The van der Waals surface area contributed by atoms with E-state index in [0.29, 0.717) is 16.5 Å². The smallest absolute Gasteiger partial charge is 0.378 e. The van der Waals surface area contributed by atoms with Gasteiger partial charge in [-0.05, 0) is 42.8 Å². The summed E-state index contributed by atoms with van der Waals surface area (Å²) in [5.41, 5.74) is 2.92. The molecule has 0 spiro atoms. The van der Waals surface area contributed by atoms with Crippen LogP contribution >= 0.6 is 11.6 Å². The fourth-order valence-electron chi connectivity index (χ4n) is 3.07. The molecule has 0 radical (unpaired) electrons. The number of carbonyl (C=O) groups excluding carboxylic acids is 2. The van der Waals surface area contributed by atoms with Crippen molar-refractivity contribution < 1.29 is 14.3 Å². The Balaban J connectivity index is 1.51. The molecule has 1 amide bonds. The first-order valence-electron chi connectivity index (χ1n) is 9.82. The van der Waals surface area contributed by atoms with Crippen LogP contribution in [-0.4, -0.2) is 33.2 Å². The minimum absolute atomic E-state index is 0.136. The van der Waals surface area contributed by atoms with E-state index in [0.717, 1.165) is 16.8 Å². The summed E-state index contributed by atoms with van der Waals surface area (Å²) >= 11 is 5.93. The zero-order chi connectivity index (χ0) is 22.5. The Bertz CT molecular complexity index is 1200. The van der Waals surface area contributed by atoms with Crippen molar-refractivity contribution in [3.63, 3.8) is 0 Å². The van der Waals surface area contributed by atoms with Gasteiger partial charge in [-0.25, -0.2) is 14.5 Å². The minimum Gasteiger partial charge on any atom is -0.450 e. The summed E-state index contributed by atoms with van der Waals surface area (Å²) in [5.74, 6) is -0.914. The minimum atomic E-state index is -0.792. The second-order valence-electron chi connectivity index (χ2n) is 6.96. The van der Waals surface area contributed by atoms with Crippen LogP contribution in [0, 0.1) is 6.92 Å². The van der Waals surface area contributed by atoms with Crippen molar-refractivity contribution in [1.29, 1.82) is 0 Å². The van der Waals surface area contributed by atoms with E-state index in [2.05, 4.69) is 15.4 Å². The summed E-state index contributed by atoms with van der Waals surface area (Å²) in [6, 6.07) is 23.8. The lowest BCUT2D eigenvalue weighted by atomic mass is 10.2. The average Bonchev–Trinajstić information content (AvgIpc) is 3.26. The molecule has 160 valence electrons. The predicted octanol–water partition coefficient (Wildman–Crippen LogP) is 4.69. The Hall–Kier alpha value is -3.97. The number of ether oxygens (including phenoxy) is 1. The number of benzene rings is 3. The van der Waals surface area contributed by atoms with Gasteiger partial charge in [0.25, 0.3) is 11.7 Å². The average molecular weight is 447 g/mol. The van der Waals surface area contributed by atoms with Crippen LogP contribution < -0.4 is 5.32 Å². The van der Waals surface area contributed by atoms with Crippen LogP contribution in [0.3, 0.4) is 0 Å². The Morgan fingerprint density at radius 1 is 1.00 bits per heavy atom. The van der Waals surface area contributed by atoms with E-state index >= 15 is 0 Å². The number of para-hydroxylation sites is 1. The Labute approximate surface area is 189 Å². The fraction of sp³-hybridized carbons (Fsp3) is 0.0833. The number of hydrogen-bond donors (Lipinski definition) is 1. The predicted molar refractivity (Wildman–Crippen MR) is 122 cm³/mol. The molecule has 1 aromatic heterocycles. The third-order valence-electron chi connectivity index (χ3n) is 4.62. The number of aromatic nitrogens is 3. The molecule has 0 unspecified atom stereocenters. The maximum absolute atomic E-state index is 12.6. The molecule has 4 aromatic rings. The summed E-state index contributed by atoms with van der Waals surface area (Å²) < 4.78 is 6.72. The van der Waals surface area contributed by atoms with Crippen LogP contribution in [0.4, 0.5) is 5.69 Å². The number of nitrogens with zero attached hydrogens (tertiary/aromatic N) is 3. The lowest BCUT2D eigenvalue weighted by Crippen LogP contribution is -2.22. The van der Waals surface area contributed by atoms with E-state index < -0.39 is 18.5 Å². The van der Waals surface area contributed by atoms with Gasteiger partial charge in [-0.3, -0.25) is 4.79 Å². The van der Waals surface area contributed by atoms with Gasteiger partial charge in [0.2, 0.25) is 0 Å². The monoisotopic (exact) mass is 446 g/mol. The van der Waals surface area contributed by atoms with Gasteiger partial charge < -0.3 is 10.1 Å². The van der Waals surface area contributed by atoms with E-state index in [1.54, 1.807) is 22.9 Å². The molecule has 8 heteroatoms. The number of amides is 1. The topological polar surface area (TPSA) is 86.1 Å². The molecular formula is C24H19ClN4O3. The fourth-order valence-corrected chi connectivity index (χ4v) is 3.30. The van der Waals surface area contributed by atoms with Crippen molar-refractivity contribution in [2.24, 2.45) is 0 Å². The van der Waals surface area contributed by atoms with Gasteiger partial charge in [0.1, 0.15) is 0 Å². The number of anilines is 1. The highest BCUT2D eigenvalue weighted by atomic mass is 35.5. The van der Waals surface area contributed by atoms with Gasteiger partial charge in [-0.1, -0.05) is 60.1 Å². The van der Waals surface area contributed by atoms with Gasteiger partial charge in [0.05, 0.1) is 5.69 Å². The molecule has 0 aliphatic carbocycles. The van der Waals surface area contributed by atoms with Gasteiger partial charge in [-0.15, -0.1) is 5.10 Å². The maximum Gasteiger partial charge on any atom is 0.378 e. The largest absolute Gasteiger partial charge is 0.450 e. The molecule has 0 aliphatic rings. The molecule has 3 aromatic carbocycles. The van der Waals surface area contributed by atoms with Crippen molar-refractivity contribution in [2.45, 2.75) is 6.92 Å². The lowest BCUT2D eigenvalue weighted by molar-refractivity contribution is -0.119. The van der Waals surface area contributed by atoms with E-state index in [4.69, 9.17) is 16.3 Å². The summed E-state index contributed by atoms with van der Waals surface area (Å²) in [5, 5.41) is 7.59. The second-order valence-corrected chi connectivity index (χ2v) is 7.39. The Kier molecular flexibility index (Phi) is 6.28. The van der Waals surface area contributed by atoms with Crippen LogP contribution in [0.25, 0.3) is 17.1 Å². The van der Waals surface area contributed by atoms with Crippen LogP contribution in [0.2, 0.25) is 5.02 Å². The molecular weight excluding hydrogens is 428 g/mol. The van der Waals surface area contributed by atoms with Gasteiger partial charge >= 0.3 is 5.97 Å². The number of hydrogen-bond acceptors (Lipinski definition) is 5. The third kappa shape index (κ3) is 4.84. The SMILES string of the molecule is Cc1cc(Cl)ccc1NC(=O)COC(=O)c1nc(-c2ccccc2)n(-c2ccccc2)n1. The highest BCUT2D eigenvalue weighted by Gasteiger charge is 2.21. The maximum atomic E-state index is 12.6. The van der Waals surface area contributed by atoms with E-state index in [1.165, 1.54) is 0 Å². The summed E-state index contributed by atoms with van der Waals surface area (Å²) in [4.78, 5) is 29.2. The number of carbonyl (C=O) groups is 2. The number of halogens is 1. The Morgan fingerprint density at radius 2 is 1.69 bits per heavy atom. The molecule has 0 atom stereocenters. The van der Waals surface area contributed by atoms with Gasteiger partial charge in [-0.2, -0.15) is 0 Å². The van der Waals surface area contributed by atoms with Crippen molar-refractivity contribution >= 4 is 29.2 Å². The number of rotatable bonds is 6. The first-order chi connectivity index (χ1) is 15.5. The highest BCUT2D eigenvalue weighted by molar-refractivity contribution is 6.30. The molecule has 1 heterocycles. The van der Waals surface area contributed by atoms with Crippen molar-refractivity contribution in [3.05, 3.63) is 95.3 Å². The molecule has 0 bridgehead atoms. The molecule has 32 heavy (non-hydrogen) atoms. The number of esters is 1. The van der Waals surface area contributed by atoms with Crippen molar-refractivity contribution in [2.75, 3.05) is 11.9 Å². The van der Waals surface area contributed by atoms with Crippen LogP contribution in [0.5, 0.6) is 0 Å². The molecule has 0 saturated heterocycles. The van der Waals surface area contributed by atoms with Crippen molar-refractivity contribution in [1.82, 2.24) is 14.8 Å². The lowest BCUT2D eigenvalue weighted by Gasteiger charge is -2.08. The quantitative estimate of drug-likeness (QED) is 0.434. The molecule has 7 nitrogen and oxygen atoms in total. The van der Waals surface area contributed by atoms with Crippen LogP contribution in [0.1, 0.15) is 16.2 Å². The number of aryl methyl sites for hydroxylation is 1. The van der Waals surface area contributed by atoms with Gasteiger partial charge in [0.15, 0.2) is 12.4 Å². The van der Waals surface area contributed by atoms with E-state index in [-0.39, 0.29) is 5.82 Å². The zero-order valence-electron chi connectivity index (χ0n) is 17.2. The standard InChI is InChI=1S/C24H19ClN4O3/c1-16-14-18(25)12-13-20(16)26-21(30)15-32-24(31)22-27-23(17-8-4-2-5-9-17)29(28-22)19-10-6-3-7-11-19/h2-14H,15H2,1H3,(H,26,30). The highest BCUT2D eigenvalue weighted by Crippen LogP contribution is 2.22. The first kappa shape index (κ1) is 21.3. The number of nitrogens with one attached hydrogen (secondary N) is 1. The first-order valence-corrected chi connectivity index (χ1v) is 10.2. The second kappa shape index (κ2) is 9.45. The van der Waals surface area contributed by atoms with Crippen molar-refractivity contribution in [3.8, 4) is 17.1 Å². The summed E-state index contributed by atoms with van der Waals surface area (Å²) in [6.07, 6.45) is 0. The molecule has 1 N–H and O–H groups in total. The normalized spacial score (nSPS) is 10.6. The van der Waals surface area contributed by atoms with E-state index in [9.17, 15) is 9.59 Å². The Morgan fingerprint density at radius 3 is 2.38 bits per heavy atom. The van der Waals surface area contributed by atoms with Crippen LogP contribution in [-0.2, 0) is 9.53 Å². The molecule has 0 saturated carbocycles. The third-order valence-corrected chi connectivity index (χ3v) is 4.85. The molecule has 0 aliphatic heterocycles. The van der Waals surface area contributed by atoms with Gasteiger partial charge in [0, 0.05) is 16.3 Å². The summed E-state index contributed by atoms with van der Waals surface area (Å²) in [7, 11) is 0. The van der Waals surface area contributed by atoms with E-state index in [1.807, 2.05) is 67.6 Å². The molecule has 0 fully saturated rings. The molecule has 4 rings (SSSR count). The zero-order valence-corrected chi connectivity index (χ0v) is 17.9.